The van der Waals surface area contributed by atoms with Gasteiger partial charge in [-0.05, 0) is 39.7 Å². The van der Waals surface area contributed by atoms with Crippen molar-refractivity contribution in [1.82, 2.24) is 14.9 Å². The van der Waals surface area contributed by atoms with Crippen molar-refractivity contribution in [2.45, 2.75) is 45.2 Å². The van der Waals surface area contributed by atoms with Crippen molar-refractivity contribution in [2.24, 2.45) is 0 Å². The summed E-state index contributed by atoms with van der Waals surface area (Å²) in [6.45, 7) is 7.96. The van der Waals surface area contributed by atoms with Crippen LogP contribution in [0, 0.1) is 13.8 Å². The summed E-state index contributed by atoms with van der Waals surface area (Å²) in [6.07, 6.45) is 0.482. The quantitative estimate of drug-likeness (QED) is 0.345. The van der Waals surface area contributed by atoms with Crippen molar-refractivity contribution in [3.05, 3.63) is 16.3 Å². The van der Waals surface area contributed by atoms with E-state index in [0.717, 1.165) is 10.9 Å². The lowest BCUT2D eigenvalue weighted by Crippen LogP contribution is -2.41. The van der Waals surface area contributed by atoms with Gasteiger partial charge in [-0.2, -0.15) is 0 Å². The van der Waals surface area contributed by atoms with Crippen LogP contribution in [0.1, 0.15) is 41.3 Å². The fourth-order valence-corrected chi connectivity index (χ4v) is 7.50. The number of thioether (sulfide) groups is 1. The van der Waals surface area contributed by atoms with Crippen LogP contribution < -0.4 is 0 Å². The highest BCUT2D eigenvalue weighted by molar-refractivity contribution is 8.00. The molecule has 0 unspecified atom stereocenters. The first kappa shape index (κ1) is 23.0. The first-order valence-corrected chi connectivity index (χ1v) is 13.4. The number of aryl methyl sites for hydroxylation is 2. The molecular formula is C19H25N3O5S3. The van der Waals surface area contributed by atoms with E-state index in [0.29, 0.717) is 33.5 Å². The van der Waals surface area contributed by atoms with Crippen molar-refractivity contribution in [1.29, 1.82) is 0 Å². The van der Waals surface area contributed by atoms with Crippen molar-refractivity contribution in [3.63, 3.8) is 0 Å². The number of rotatable bonds is 7. The highest BCUT2D eigenvalue weighted by Crippen LogP contribution is 2.36. The Labute approximate surface area is 184 Å². The second-order valence-electron chi connectivity index (χ2n) is 7.06. The Bertz CT molecular complexity index is 1080. The van der Waals surface area contributed by atoms with Gasteiger partial charge in [0.1, 0.15) is 20.6 Å². The minimum absolute atomic E-state index is 0.0284. The number of hydrogen-bond acceptors (Lipinski definition) is 9. The van der Waals surface area contributed by atoms with Crippen LogP contribution in [-0.4, -0.2) is 71.6 Å². The van der Waals surface area contributed by atoms with Gasteiger partial charge in [-0.1, -0.05) is 11.8 Å². The molecule has 0 spiro atoms. The van der Waals surface area contributed by atoms with Gasteiger partial charge < -0.3 is 9.64 Å². The average molecular weight is 472 g/mol. The fourth-order valence-electron chi connectivity index (χ4n) is 3.57. The number of amides is 1. The monoisotopic (exact) mass is 471 g/mol. The standard InChI is InChI=1S/C19H25N3O5S3/c1-5-22(13-7-8-30(25,26)10-13)14(23)9-28-17-15-11(3)16(19(24)27-6-2)29-18(15)21-12(4)20-17/h13H,5-10H2,1-4H3/t13-/m0/s1. The van der Waals surface area contributed by atoms with Crippen LogP contribution in [0.15, 0.2) is 5.03 Å². The summed E-state index contributed by atoms with van der Waals surface area (Å²) in [5.41, 5.74) is 0.748. The van der Waals surface area contributed by atoms with Crippen molar-refractivity contribution in [2.75, 3.05) is 30.4 Å². The summed E-state index contributed by atoms with van der Waals surface area (Å²) in [7, 11) is -3.07. The SMILES string of the molecule is CCOC(=O)c1sc2nc(C)nc(SCC(=O)N(CC)[C@H]3CCS(=O)(=O)C3)c2c1C. The van der Waals surface area contributed by atoms with Crippen LogP contribution in [0.4, 0.5) is 0 Å². The first-order valence-electron chi connectivity index (χ1n) is 9.74. The molecule has 2 aromatic rings. The number of carbonyl (C=O) groups is 2. The van der Waals surface area contributed by atoms with E-state index in [9.17, 15) is 18.0 Å². The predicted octanol–water partition coefficient (Wildman–Crippen LogP) is 2.61. The van der Waals surface area contributed by atoms with Crippen LogP contribution in [0.25, 0.3) is 10.2 Å². The molecule has 3 heterocycles. The van der Waals surface area contributed by atoms with E-state index in [4.69, 9.17) is 4.74 Å². The van der Waals surface area contributed by atoms with Crippen molar-refractivity contribution < 1.29 is 22.7 Å². The summed E-state index contributed by atoms with van der Waals surface area (Å²) >= 11 is 2.55. The van der Waals surface area contributed by atoms with Crippen LogP contribution >= 0.6 is 23.1 Å². The molecule has 1 saturated heterocycles. The van der Waals surface area contributed by atoms with E-state index in [-0.39, 0.29) is 41.8 Å². The smallest absolute Gasteiger partial charge is 0.348 e. The van der Waals surface area contributed by atoms with Gasteiger partial charge in [0.15, 0.2) is 9.84 Å². The fraction of sp³-hybridized carbons (Fsp3) is 0.579. The molecule has 30 heavy (non-hydrogen) atoms. The zero-order chi connectivity index (χ0) is 22.1. The van der Waals surface area contributed by atoms with Crippen LogP contribution in [-0.2, 0) is 19.4 Å². The summed E-state index contributed by atoms with van der Waals surface area (Å²) < 4.78 is 28.7. The molecule has 0 bridgehead atoms. The number of nitrogens with zero attached hydrogens (tertiary/aromatic N) is 3. The van der Waals surface area contributed by atoms with Crippen molar-refractivity contribution >= 4 is 55.0 Å². The maximum Gasteiger partial charge on any atom is 0.348 e. The van der Waals surface area contributed by atoms with E-state index in [1.165, 1.54) is 23.1 Å². The second-order valence-corrected chi connectivity index (χ2v) is 11.2. The largest absolute Gasteiger partial charge is 0.462 e. The molecule has 1 aliphatic rings. The van der Waals surface area contributed by atoms with Gasteiger partial charge in [0.05, 0.1) is 23.9 Å². The number of hydrogen-bond donors (Lipinski definition) is 0. The second kappa shape index (κ2) is 9.19. The van der Waals surface area contributed by atoms with E-state index in [2.05, 4.69) is 9.97 Å². The van der Waals surface area contributed by atoms with Gasteiger partial charge in [0.25, 0.3) is 0 Å². The topological polar surface area (TPSA) is 107 Å². The van der Waals surface area contributed by atoms with Gasteiger partial charge in [-0.3, -0.25) is 4.79 Å². The minimum atomic E-state index is -3.07. The molecule has 1 atom stereocenters. The third kappa shape index (κ3) is 4.78. The molecule has 8 nitrogen and oxygen atoms in total. The molecule has 0 aliphatic carbocycles. The molecule has 1 fully saturated rings. The lowest BCUT2D eigenvalue weighted by molar-refractivity contribution is -0.129. The summed E-state index contributed by atoms with van der Waals surface area (Å²) in [5.74, 6) is 0.351. The number of sulfone groups is 1. The number of fused-ring (bicyclic) bond motifs is 1. The van der Waals surface area contributed by atoms with E-state index in [1.54, 1.807) is 18.7 Å². The average Bonchev–Trinajstić information content (AvgIpc) is 3.20. The Kier molecular flexibility index (Phi) is 7.03. The molecule has 1 amide bonds. The molecule has 3 rings (SSSR count). The zero-order valence-corrected chi connectivity index (χ0v) is 19.9. The van der Waals surface area contributed by atoms with Crippen molar-refractivity contribution in [3.8, 4) is 0 Å². The molecule has 0 aromatic carbocycles. The third-order valence-electron chi connectivity index (χ3n) is 4.97. The highest BCUT2D eigenvalue weighted by atomic mass is 32.2. The van der Waals surface area contributed by atoms with E-state index < -0.39 is 9.84 Å². The van der Waals surface area contributed by atoms with E-state index in [1.807, 2.05) is 13.8 Å². The van der Waals surface area contributed by atoms with Gasteiger partial charge in [-0.15, -0.1) is 11.3 Å². The summed E-state index contributed by atoms with van der Waals surface area (Å²) in [5, 5.41) is 1.41. The first-order chi connectivity index (χ1) is 14.2. The number of esters is 1. The maximum absolute atomic E-state index is 12.8. The predicted molar refractivity (Wildman–Crippen MR) is 118 cm³/mol. The lowest BCUT2D eigenvalue weighted by atomic mass is 10.2. The van der Waals surface area contributed by atoms with Gasteiger partial charge in [0.2, 0.25) is 5.91 Å². The normalized spacial score (nSPS) is 17.9. The highest BCUT2D eigenvalue weighted by Gasteiger charge is 2.34. The van der Waals surface area contributed by atoms with Gasteiger partial charge in [0, 0.05) is 18.0 Å². The Hall–Kier alpha value is -1.72. The molecule has 0 saturated carbocycles. The number of thiophene rings is 1. The summed E-state index contributed by atoms with van der Waals surface area (Å²) in [4.78, 5) is 36.9. The number of carbonyl (C=O) groups excluding carboxylic acids is 2. The Morgan fingerprint density at radius 3 is 2.60 bits per heavy atom. The van der Waals surface area contributed by atoms with Crippen LogP contribution in [0.5, 0.6) is 0 Å². The Morgan fingerprint density at radius 1 is 1.27 bits per heavy atom. The molecule has 11 heteroatoms. The number of aromatic nitrogens is 2. The zero-order valence-electron chi connectivity index (χ0n) is 17.4. The van der Waals surface area contributed by atoms with Crippen LogP contribution in [0.2, 0.25) is 0 Å². The molecule has 1 aliphatic heterocycles. The number of ether oxygens (including phenoxy) is 1. The molecule has 0 N–H and O–H groups in total. The molecule has 0 radical (unpaired) electrons. The molecule has 2 aromatic heterocycles. The van der Waals surface area contributed by atoms with Gasteiger partial charge >= 0.3 is 5.97 Å². The molecule has 164 valence electrons. The third-order valence-corrected chi connectivity index (χ3v) is 8.85. The molecular weight excluding hydrogens is 446 g/mol. The van der Waals surface area contributed by atoms with Crippen LogP contribution in [0.3, 0.4) is 0 Å². The van der Waals surface area contributed by atoms with Gasteiger partial charge in [-0.25, -0.2) is 23.2 Å². The summed E-state index contributed by atoms with van der Waals surface area (Å²) in [6, 6.07) is -0.265. The Balaban J connectivity index is 1.83. The Morgan fingerprint density at radius 2 is 2.00 bits per heavy atom. The van der Waals surface area contributed by atoms with E-state index >= 15 is 0 Å². The lowest BCUT2D eigenvalue weighted by Gasteiger charge is -2.26. The maximum atomic E-state index is 12.8. The minimum Gasteiger partial charge on any atom is -0.462 e.